The van der Waals surface area contributed by atoms with Crippen molar-refractivity contribution in [2.75, 3.05) is 13.7 Å². The first-order valence-corrected chi connectivity index (χ1v) is 4.94. The van der Waals surface area contributed by atoms with Crippen LogP contribution in [0, 0.1) is 12.8 Å². The first-order chi connectivity index (χ1) is 7.13. The summed E-state index contributed by atoms with van der Waals surface area (Å²) >= 11 is 0. The number of nitrogens with zero attached hydrogens (tertiary/aromatic N) is 2. The number of aliphatic hydroxyl groups excluding tert-OH is 1. The van der Waals surface area contributed by atoms with Gasteiger partial charge in [-0.2, -0.15) is 0 Å². The highest BCUT2D eigenvalue weighted by molar-refractivity contribution is 5.81. The van der Waals surface area contributed by atoms with Crippen molar-refractivity contribution in [3.05, 3.63) is 17.5 Å². The van der Waals surface area contributed by atoms with Crippen LogP contribution in [0.5, 0.6) is 0 Å². The molecule has 2 rings (SSSR count). The van der Waals surface area contributed by atoms with Crippen molar-refractivity contribution in [2.24, 2.45) is 5.92 Å². The molecule has 1 aliphatic rings. The van der Waals surface area contributed by atoms with Crippen LogP contribution in [0.4, 0.5) is 0 Å². The molecule has 0 spiro atoms. The predicted molar refractivity (Wildman–Crippen MR) is 51.9 cm³/mol. The van der Waals surface area contributed by atoms with E-state index in [1.165, 1.54) is 0 Å². The number of likely N-dealkylation sites (tertiary alicyclic amines) is 1. The van der Waals surface area contributed by atoms with Crippen LogP contribution in [0.15, 0.2) is 10.6 Å². The second kappa shape index (κ2) is 3.66. The number of carbonyl (C=O) groups excluding carboxylic acids is 1. The number of hydrogen-bond donors (Lipinski definition) is 1. The first-order valence-electron chi connectivity index (χ1n) is 4.94. The number of hydrogen-bond acceptors (Lipinski definition) is 4. The van der Waals surface area contributed by atoms with Crippen molar-refractivity contribution in [3.63, 3.8) is 0 Å². The van der Waals surface area contributed by atoms with Crippen LogP contribution in [-0.2, 0) is 4.79 Å². The smallest absolute Gasteiger partial charge is 0.228 e. The van der Waals surface area contributed by atoms with Crippen LogP contribution in [0.3, 0.4) is 0 Å². The maximum absolute atomic E-state index is 11.6. The molecule has 1 N–H and O–H groups in total. The van der Waals surface area contributed by atoms with Crippen LogP contribution in [-0.4, -0.2) is 34.7 Å². The standard InChI is InChI=1S/C10H14N2O3/c1-6-3-9(15-11-6)8-4-7(5-13)10(14)12(8)2/h3,7-8,13H,4-5H2,1-2H3/t7-,8+/m0/s1. The van der Waals surface area contributed by atoms with E-state index in [4.69, 9.17) is 9.63 Å². The minimum Gasteiger partial charge on any atom is -0.396 e. The van der Waals surface area contributed by atoms with Crippen LogP contribution < -0.4 is 0 Å². The summed E-state index contributed by atoms with van der Waals surface area (Å²) in [7, 11) is 1.72. The van der Waals surface area contributed by atoms with Gasteiger partial charge >= 0.3 is 0 Å². The number of aromatic nitrogens is 1. The van der Waals surface area contributed by atoms with E-state index in [9.17, 15) is 4.79 Å². The van der Waals surface area contributed by atoms with Crippen molar-refractivity contribution < 1.29 is 14.4 Å². The van der Waals surface area contributed by atoms with Gasteiger partial charge in [0.05, 0.1) is 24.3 Å². The Hall–Kier alpha value is -1.36. The molecule has 1 saturated heterocycles. The molecular formula is C10H14N2O3. The van der Waals surface area contributed by atoms with Gasteiger partial charge in [0.1, 0.15) is 0 Å². The molecule has 1 amide bonds. The fourth-order valence-electron chi connectivity index (χ4n) is 1.97. The zero-order chi connectivity index (χ0) is 11.0. The lowest BCUT2D eigenvalue weighted by atomic mass is 10.0. The first kappa shape index (κ1) is 10.2. The molecule has 1 aromatic rings. The Morgan fingerprint density at radius 3 is 2.93 bits per heavy atom. The molecule has 5 heteroatoms. The van der Waals surface area contributed by atoms with E-state index >= 15 is 0 Å². The molecule has 2 heterocycles. The molecule has 1 aliphatic heterocycles. The van der Waals surface area contributed by atoms with E-state index in [0.717, 1.165) is 5.69 Å². The normalized spacial score (nSPS) is 26.3. The molecule has 0 bridgehead atoms. The van der Waals surface area contributed by atoms with E-state index in [0.29, 0.717) is 12.2 Å². The minimum atomic E-state index is -0.301. The van der Waals surface area contributed by atoms with Crippen molar-refractivity contribution in [3.8, 4) is 0 Å². The molecule has 1 fully saturated rings. The third-order valence-corrected chi connectivity index (χ3v) is 2.87. The van der Waals surface area contributed by atoms with Crippen LogP contribution >= 0.6 is 0 Å². The molecule has 5 nitrogen and oxygen atoms in total. The SMILES string of the molecule is Cc1cc([C@H]2C[C@@H](CO)C(=O)N2C)on1. The summed E-state index contributed by atoms with van der Waals surface area (Å²) in [5.41, 5.74) is 0.804. The summed E-state index contributed by atoms with van der Waals surface area (Å²) in [5, 5.41) is 12.8. The monoisotopic (exact) mass is 210 g/mol. The Morgan fingerprint density at radius 2 is 2.47 bits per heavy atom. The number of rotatable bonds is 2. The van der Waals surface area contributed by atoms with E-state index in [1.807, 2.05) is 13.0 Å². The molecule has 0 radical (unpaired) electrons. The highest BCUT2D eigenvalue weighted by Gasteiger charge is 2.39. The van der Waals surface area contributed by atoms with Crippen LogP contribution in [0.2, 0.25) is 0 Å². The average molecular weight is 210 g/mol. The number of amides is 1. The third kappa shape index (κ3) is 1.63. The van der Waals surface area contributed by atoms with Crippen molar-refractivity contribution >= 4 is 5.91 Å². The van der Waals surface area contributed by atoms with Gasteiger partial charge < -0.3 is 14.5 Å². The predicted octanol–water partition coefficient (Wildman–Crippen LogP) is 0.495. The van der Waals surface area contributed by atoms with Crippen molar-refractivity contribution in [1.82, 2.24) is 10.1 Å². The Balaban J connectivity index is 2.21. The minimum absolute atomic E-state index is 0.0310. The van der Waals surface area contributed by atoms with Crippen LogP contribution in [0.1, 0.15) is 23.9 Å². The summed E-state index contributed by atoms with van der Waals surface area (Å²) in [6, 6.07) is 1.74. The lowest BCUT2D eigenvalue weighted by molar-refractivity contribution is -0.131. The number of aliphatic hydroxyl groups is 1. The number of carbonyl (C=O) groups is 1. The maximum Gasteiger partial charge on any atom is 0.228 e. The highest BCUT2D eigenvalue weighted by Crippen LogP contribution is 2.34. The summed E-state index contributed by atoms with van der Waals surface area (Å²) in [4.78, 5) is 13.2. The molecule has 2 atom stereocenters. The average Bonchev–Trinajstić information content (AvgIpc) is 2.74. The molecule has 0 aromatic carbocycles. The topological polar surface area (TPSA) is 66.6 Å². The Kier molecular flexibility index (Phi) is 2.48. The second-order valence-electron chi connectivity index (χ2n) is 3.95. The summed E-state index contributed by atoms with van der Waals surface area (Å²) in [6.07, 6.45) is 0.598. The second-order valence-corrected chi connectivity index (χ2v) is 3.95. The molecule has 0 saturated carbocycles. The van der Waals surface area contributed by atoms with Gasteiger partial charge in [0, 0.05) is 13.1 Å². The quantitative estimate of drug-likeness (QED) is 0.771. The molecule has 1 aromatic heterocycles. The van der Waals surface area contributed by atoms with Gasteiger partial charge in [0.2, 0.25) is 5.91 Å². The Morgan fingerprint density at radius 1 is 1.73 bits per heavy atom. The number of aryl methyl sites for hydroxylation is 1. The van der Waals surface area contributed by atoms with Crippen molar-refractivity contribution in [1.29, 1.82) is 0 Å². The summed E-state index contributed by atoms with van der Waals surface area (Å²) in [6.45, 7) is 1.74. The Bertz CT molecular complexity index is 374. The van der Waals surface area contributed by atoms with E-state index in [-0.39, 0.29) is 24.5 Å². The van der Waals surface area contributed by atoms with Gasteiger partial charge in [-0.3, -0.25) is 4.79 Å². The molecule has 15 heavy (non-hydrogen) atoms. The third-order valence-electron chi connectivity index (χ3n) is 2.87. The van der Waals surface area contributed by atoms with Gasteiger partial charge in [-0.15, -0.1) is 0 Å². The molecular weight excluding hydrogens is 196 g/mol. The lowest BCUT2D eigenvalue weighted by Crippen LogP contribution is -2.25. The Labute approximate surface area is 87.7 Å². The fraction of sp³-hybridized carbons (Fsp3) is 0.600. The van der Waals surface area contributed by atoms with E-state index < -0.39 is 0 Å². The highest BCUT2D eigenvalue weighted by atomic mass is 16.5. The van der Waals surface area contributed by atoms with Gasteiger partial charge in [0.25, 0.3) is 0 Å². The summed E-state index contributed by atoms with van der Waals surface area (Å²) in [5.74, 6) is 0.362. The van der Waals surface area contributed by atoms with Crippen molar-refractivity contribution in [2.45, 2.75) is 19.4 Å². The van der Waals surface area contributed by atoms with E-state index in [2.05, 4.69) is 5.16 Å². The largest absolute Gasteiger partial charge is 0.396 e. The maximum atomic E-state index is 11.6. The zero-order valence-electron chi connectivity index (χ0n) is 8.80. The zero-order valence-corrected chi connectivity index (χ0v) is 8.80. The lowest BCUT2D eigenvalue weighted by Gasteiger charge is -2.16. The summed E-state index contributed by atoms with van der Waals surface area (Å²) < 4.78 is 5.13. The molecule has 0 unspecified atom stereocenters. The van der Waals surface area contributed by atoms with Gasteiger partial charge in [-0.05, 0) is 13.3 Å². The van der Waals surface area contributed by atoms with Gasteiger partial charge in [0.15, 0.2) is 5.76 Å². The molecule has 82 valence electrons. The fourth-order valence-corrected chi connectivity index (χ4v) is 1.97. The van der Waals surface area contributed by atoms with E-state index in [1.54, 1.807) is 11.9 Å². The van der Waals surface area contributed by atoms with Gasteiger partial charge in [-0.25, -0.2) is 0 Å². The molecule has 0 aliphatic carbocycles. The van der Waals surface area contributed by atoms with Crippen LogP contribution in [0.25, 0.3) is 0 Å². The van der Waals surface area contributed by atoms with Gasteiger partial charge in [-0.1, -0.05) is 5.16 Å².